The number of esters is 2. The maximum Gasteiger partial charge on any atom is 0.491 e. The Morgan fingerprint density at radius 1 is 1.29 bits per heavy atom. The molecule has 0 N–H and O–H groups in total. The molecule has 0 saturated carbocycles. The largest absolute Gasteiger partial charge is 0.491 e. The highest BCUT2D eigenvalue weighted by atomic mass is 19.4. The van der Waals surface area contributed by atoms with Gasteiger partial charge in [-0.25, -0.2) is 9.59 Å². The number of rotatable bonds is 5. The van der Waals surface area contributed by atoms with Crippen LogP contribution >= 0.6 is 0 Å². The highest BCUT2D eigenvalue weighted by Crippen LogP contribution is 2.17. The standard InChI is InChI=1S/C10H13F3O4/c1-3-16-6-4-5-7(2)8(14)17-9(15)10(11,12)13/h5H,3-4,6H2,1-2H3. The summed E-state index contributed by atoms with van der Waals surface area (Å²) in [5.41, 5.74) is -0.0673. The number of alkyl halides is 3. The maximum absolute atomic E-state index is 11.8. The summed E-state index contributed by atoms with van der Waals surface area (Å²) in [6.07, 6.45) is -3.46. The van der Waals surface area contributed by atoms with Crippen molar-refractivity contribution in [2.24, 2.45) is 0 Å². The van der Waals surface area contributed by atoms with Crippen LogP contribution in [0.4, 0.5) is 13.2 Å². The van der Waals surface area contributed by atoms with E-state index in [4.69, 9.17) is 4.74 Å². The number of halogens is 3. The van der Waals surface area contributed by atoms with Gasteiger partial charge in [-0.1, -0.05) is 6.08 Å². The van der Waals surface area contributed by atoms with E-state index in [0.29, 0.717) is 19.6 Å². The molecule has 0 heterocycles. The van der Waals surface area contributed by atoms with Crippen LogP contribution in [0.1, 0.15) is 20.3 Å². The van der Waals surface area contributed by atoms with Gasteiger partial charge in [-0.15, -0.1) is 0 Å². The minimum Gasteiger partial charge on any atom is -0.383 e. The van der Waals surface area contributed by atoms with Gasteiger partial charge < -0.3 is 9.47 Å². The van der Waals surface area contributed by atoms with Crippen molar-refractivity contribution in [1.29, 1.82) is 0 Å². The summed E-state index contributed by atoms with van der Waals surface area (Å²) >= 11 is 0. The summed E-state index contributed by atoms with van der Waals surface area (Å²) in [4.78, 5) is 21.3. The molecule has 0 saturated heterocycles. The number of hydrogen-bond acceptors (Lipinski definition) is 4. The Kier molecular flexibility index (Phi) is 6.48. The molecule has 17 heavy (non-hydrogen) atoms. The summed E-state index contributed by atoms with van der Waals surface area (Å²) < 4.78 is 43.9. The molecular weight excluding hydrogens is 241 g/mol. The first-order chi connectivity index (χ1) is 7.79. The molecule has 0 aliphatic heterocycles. The normalized spacial score (nSPS) is 12.4. The molecule has 4 nitrogen and oxygen atoms in total. The van der Waals surface area contributed by atoms with Crippen LogP contribution in [-0.2, 0) is 19.1 Å². The number of carbonyl (C=O) groups excluding carboxylic acids is 2. The Balaban J connectivity index is 4.18. The monoisotopic (exact) mass is 254 g/mol. The molecule has 98 valence electrons. The minimum absolute atomic E-state index is 0.0673. The molecule has 0 bridgehead atoms. The second-order valence-electron chi connectivity index (χ2n) is 3.05. The van der Waals surface area contributed by atoms with Crippen LogP contribution in [0.3, 0.4) is 0 Å². The average Bonchev–Trinajstić information content (AvgIpc) is 2.22. The van der Waals surface area contributed by atoms with Crippen LogP contribution in [0.2, 0.25) is 0 Å². The zero-order valence-corrected chi connectivity index (χ0v) is 9.47. The molecule has 0 rings (SSSR count). The van der Waals surface area contributed by atoms with Crippen molar-refractivity contribution in [1.82, 2.24) is 0 Å². The van der Waals surface area contributed by atoms with Crippen LogP contribution in [0.15, 0.2) is 11.6 Å². The van der Waals surface area contributed by atoms with E-state index in [2.05, 4.69) is 4.74 Å². The molecule has 0 aliphatic rings. The predicted molar refractivity (Wildman–Crippen MR) is 52.0 cm³/mol. The van der Waals surface area contributed by atoms with Crippen LogP contribution in [0.25, 0.3) is 0 Å². The Morgan fingerprint density at radius 3 is 2.35 bits per heavy atom. The Bertz CT molecular complexity index is 307. The second-order valence-corrected chi connectivity index (χ2v) is 3.05. The van der Waals surface area contributed by atoms with E-state index in [1.807, 2.05) is 0 Å². The lowest BCUT2D eigenvalue weighted by molar-refractivity contribution is -0.200. The van der Waals surface area contributed by atoms with Crippen molar-refractivity contribution in [2.75, 3.05) is 13.2 Å². The summed E-state index contributed by atoms with van der Waals surface area (Å²) in [5.74, 6) is -3.82. The van der Waals surface area contributed by atoms with E-state index in [1.54, 1.807) is 6.92 Å². The van der Waals surface area contributed by atoms with E-state index in [0.717, 1.165) is 0 Å². The lowest BCUT2D eigenvalue weighted by Gasteiger charge is -2.05. The SMILES string of the molecule is CCOCCC=C(C)C(=O)OC(=O)C(F)(F)F. The van der Waals surface area contributed by atoms with Gasteiger partial charge >= 0.3 is 18.1 Å². The van der Waals surface area contributed by atoms with Gasteiger partial charge in [0, 0.05) is 12.2 Å². The molecule has 0 unspecified atom stereocenters. The summed E-state index contributed by atoms with van der Waals surface area (Å²) in [5, 5.41) is 0. The van der Waals surface area contributed by atoms with Crippen LogP contribution in [0.5, 0.6) is 0 Å². The number of hydrogen-bond donors (Lipinski definition) is 0. The fourth-order valence-corrected chi connectivity index (χ4v) is 0.809. The van der Waals surface area contributed by atoms with Crippen LogP contribution in [0, 0.1) is 0 Å². The van der Waals surface area contributed by atoms with Crippen molar-refractivity contribution in [3.8, 4) is 0 Å². The minimum atomic E-state index is -5.17. The Labute approximate surface area is 96.4 Å². The van der Waals surface area contributed by atoms with Crippen molar-refractivity contribution in [3.05, 3.63) is 11.6 Å². The van der Waals surface area contributed by atoms with E-state index in [1.165, 1.54) is 13.0 Å². The second kappa shape index (κ2) is 7.05. The van der Waals surface area contributed by atoms with Gasteiger partial charge in [-0.2, -0.15) is 13.2 Å². The number of carbonyl (C=O) groups is 2. The first kappa shape index (κ1) is 15.6. The molecular formula is C10H13F3O4. The lowest BCUT2D eigenvalue weighted by atomic mass is 10.2. The van der Waals surface area contributed by atoms with Crippen molar-refractivity contribution >= 4 is 11.9 Å². The number of ether oxygens (including phenoxy) is 2. The van der Waals surface area contributed by atoms with Crippen molar-refractivity contribution in [2.45, 2.75) is 26.4 Å². The highest BCUT2D eigenvalue weighted by Gasteiger charge is 2.42. The van der Waals surface area contributed by atoms with Gasteiger partial charge in [0.15, 0.2) is 0 Å². The molecule has 0 radical (unpaired) electrons. The molecule has 0 aromatic heterocycles. The fraction of sp³-hybridized carbons (Fsp3) is 0.600. The van der Waals surface area contributed by atoms with Gasteiger partial charge in [0.1, 0.15) is 0 Å². The van der Waals surface area contributed by atoms with Crippen molar-refractivity contribution < 1.29 is 32.2 Å². The predicted octanol–water partition coefficient (Wildman–Crippen LogP) is 1.99. The van der Waals surface area contributed by atoms with Gasteiger partial charge in [-0.3, -0.25) is 0 Å². The Morgan fingerprint density at radius 2 is 1.88 bits per heavy atom. The first-order valence-corrected chi connectivity index (χ1v) is 4.86. The van der Waals surface area contributed by atoms with Gasteiger partial charge in [0.05, 0.1) is 6.61 Å². The van der Waals surface area contributed by atoms with Crippen LogP contribution in [-0.4, -0.2) is 31.3 Å². The topological polar surface area (TPSA) is 52.6 Å². The molecule has 0 fully saturated rings. The van der Waals surface area contributed by atoms with Crippen molar-refractivity contribution in [3.63, 3.8) is 0 Å². The Hall–Kier alpha value is -1.37. The van der Waals surface area contributed by atoms with E-state index < -0.39 is 18.1 Å². The van der Waals surface area contributed by atoms with E-state index in [-0.39, 0.29) is 5.57 Å². The molecule has 0 aromatic carbocycles. The third kappa shape index (κ3) is 6.72. The summed E-state index contributed by atoms with van der Waals surface area (Å²) in [6, 6.07) is 0. The van der Waals surface area contributed by atoms with Gasteiger partial charge in [-0.05, 0) is 20.3 Å². The third-order valence-corrected chi connectivity index (χ3v) is 1.66. The molecule has 0 aliphatic carbocycles. The molecule has 0 aromatic rings. The zero-order chi connectivity index (χ0) is 13.5. The fourth-order valence-electron chi connectivity index (χ4n) is 0.809. The highest BCUT2D eigenvalue weighted by molar-refractivity contribution is 5.97. The smallest absolute Gasteiger partial charge is 0.383 e. The average molecular weight is 254 g/mol. The zero-order valence-electron chi connectivity index (χ0n) is 9.47. The quantitative estimate of drug-likeness (QED) is 0.326. The van der Waals surface area contributed by atoms with E-state index in [9.17, 15) is 22.8 Å². The lowest BCUT2D eigenvalue weighted by Crippen LogP contribution is -2.28. The molecule has 0 amide bonds. The summed E-state index contributed by atoms with van der Waals surface area (Å²) in [7, 11) is 0. The van der Waals surface area contributed by atoms with Gasteiger partial charge in [0.2, 0.25) is 0 Å². The molecule has 0 atom stereocenters. The molecule has 0 spiro atoms. The first-order valence-electron chi connectivity index (χ1n) is 4.86. The van der Waals surface area contributed by atoms with Gasteiger partial charge in [0.25, 0.3) is 0 Å². The van der Waals surface area contributed by atoms with Crippen LogP contribution < -0.4 is 0 Å². The summed E-state index contributed by atoms with van der Waals surface area (Å²) in [6.45, 7) is 3.89. The van der Waals surface area contributed by atoms with E-state index >= 15 is 0 Å². The molecule has 7 heteroatoms. The maximum atomic E-state index is 11.8. The third-order valence-electron chi connectivity index (χ3n) is 1.66.